The van der Waals surface area contributed by atoms with Crippen molar-refractivity contribution in [3.63, 3.8) is 0 Å². The lowest BCUT2D eigenvalue weighted by atomic mass is 9.98. The summed E-state index contributed by atoms with van der Waals surface area (Å²) >= 11 is 1.47. The highest BCUT2D eigenvalue weighted by Crippen LogP contribution is 2.20. The maximum Gasteiger partial charge on any atom is 0.225 e. The van der Waals surface area contributed by atoms with Crippen LogP contribution >= 0.6 is 11.3 Å². The number of hydrogen-bond acceptors (Lipinski definition) is 5. The highest BCUT2D eigenvalue weighted by Gasteiger charge is 2.21. The van der Waals surface area contributed by atoms with Gasteiger partial charge in [-0.25, -0.2) is 4.98 Å². The smallest absolute Gasteiger partial charge is 0.225 e. The minimum absolute atomic E-state index is 0.00713. The van der Waals surface area contributed by atoms with E-state index in [0.717, 1.165) is 23.7 Å². The van der Waals surface area contributed by atoms with Gasteiger partial charge in [0.1, 0.15) is 0 Å². The Morgan fingerprint density at radius 3 is 2.60 bits per heavy atom. The molecule has 5 nitrogen and oxygen atoms in total. The quantitative estimate of drug-likeness (QED) is 0.772. The second-order valence-corrected chi connectivity index (χ2v) is 5.76. The van der Waals surface area contributed by atoms with Gasteiger partial charge in [0.2, 0.25) is 5.91 Å². The van der Waals surface area contributed by atoms with Crippen molar-refractivity contribution in [1.82, 2.24) is 10.3 Å². The lowest BCUT2D eigenvalue weighted by molar-refractivity contribution is -0.116. The van der Waals surface area contributed by atoms with Crippen molar-refractivity contribution < 1.29 is 9.90 Å². The number of nitrogens with zero attached hydrogens (tertiary/aromatic N) is 2. The zero-order valence-electron chi connectivity index (χ0n) is 12.8. The van der Waals surface area contributed by atoms with Crippen LogP contribution in [0.25, 0.3) is 0 Å². The fraction of sp³-hybridized carbons (Fsp3) is 0.714. The minimum atomic E-state index is -0.645. The molecule has 0 radical (unpaired) electrons. The van der Waals surface area contributed by atoms with Crippen LogP contribution in [0, 0.1) is 0 Å². The van der Waals surface area contributed by atoms with Crippen LogP contribution < -0.4 is 10.2 Å². The molecule has 1 aromatic rings. The predicted octanol–water partition coefficient (Wildman–Crippen LogP) is 2.16. The molecule has 20 heavy (non-hydrogen) atoms. The van der Waals surface area contributed by atoms with E-state index < -0.39 is 5.60 Å². The molecule has 0 saturated heterocycles. The zero-order valence-corrected chi connectivity index (χ0v) is 13.6. The summed E-state index contributed by atoms with van der Waals surface area (Å²) in [6.45, 7) is 9.23. The molecule has 0 aliphatic heterocycles. The number of aromatic nitrogens is 1. The molecule has 0 spiro atoms. The summed E-state index contributed by atoms with van der Waals surface area (Å²) in [5.74, 6) is 0.00713. The van der Waals surface area contributed by atoms with Gasteiger partial charge in [0.25, 0.3) is 0 Å². The Morgan fingerprint density at radius 2 is 2.10 bits per heavy atom. The van der Waals surface area contributed by atoms with E-state index in [-0.39, 0.29) is 5.91 Å². The van der Waals surface area contributed by atoms with Crippen LogP contribution in [0.3, 0.4) is 0 Å². The average Bonchev–Trinajstić information content (AvgIpc) is 2.87. The van der Waals surface area contributed by atoms with Crippen LogP contribution in [0.2, 0.25) is 0 Å². The van der Waals surface area contributed by atoms with Gasteiger partial charge in [-0.3, -0.25) is 9.69 Å². The van der Waals surface area contributed by atoms with Crippen LogP contribution in [-0.4, -0.2) is 34.7 Å². The first-order valence-electron chi connectivity index (χ1n) is 7.11. The normalized spacial score (nSPS) is 11.7. The molecule has 114 valence electrons. The van der Waals surface area contributed by atoms with Gasteiger partial charge in [0, 0.05) is 31.9 Å². The summed E-state index contributed by atoms with van der Waals surface area (Å²) in [7, 11) is 0. The summed E-state index contributed by atoms with van der Waals surface area (Å²) in [4.78, 5) is 17.6. The van der Waals surface area contributed by atoms with E-state index in [0.29, 0.717) is 19.6 Å². The van der Waals surface area contributed by atoms with Gasteiger partial charge in [-0.15, -0.1) is 11.3 Å². The number of nitrogens with one attached hydrogen (secondary N) is 1. The summed E-state index contributed by atoms with van der Waals surface area (Å²) in [5.41, 5.74) is 0.257. The molecule has 1 amide bonds. The molecule has 0 saturated carbocycles. The maximum atomic E-state index is 11.5. The molecule has 1 aromatic heterocycles. The lowest BCUT2D eigenvalue weighted by Crippen LogP contribution is -2.39. The highest BCUT2D eigenvalue weighted by molar-refractivity contribution is 7.14. The fourth-order valence-corrected chi connectivity index (χ4v) is 2.85. The third-order valence-electron chi connectivity index (χ3n) is 3.54. The third-order valence-corrected chi connectivity index (χ3v) is 4.46. The van der Waals surface area contributed by atoms with Crippen molar-refractivity contribution in [3.8, 4) is 0 Å². The molecule has 0 fully saturated rings. The van der Waals surface area contributed by atoms with E-state index in [9.17, 15) is 9.90 Å². The van der Waals surface area contributed by atoms with E-state index in [4.69, 9.17) is 0 Å². The molecule has 0 unspecified atom stereocenters. The summed E-state index contributed by atoms with van der Waals surface area (Å²) in [6.07, 6.45) is 1.46. The Labute approximate surface area is 125 Å². The molecular weight excluding hydrogens is 274 g/mol. The number of hydrogen-bond donors (Lipinski definition) is 2. The number of rotatable bonds is 8. The van der Waals surface area contributed by atoms with Gasteiger partial charge in [-0.1, -0.05) is 13.8 Å². The van der Waals surface area contributed by atoms with E-state index in [1.165, 1.54) is 11.3 Å². The van der Waals surface area contributed by atoms with Gasteiger partial charge in [0.05, 0.1) is 11.3 Å². The molecule has 0 aromatic carbocycles. The number of carbonyl (C=O) groups is 1. The van der Waals surface area contributed by atoms with E-state index in [1.807, 2.05) is 26.2 Å². The van der Waals surface area contributed by atoms with Crippen molar-refractivity contribution in [1.29, 1.82) is 0 Å². The van der Waals surface area contributed by atoms with Crippen LogP contribution in [-0.2, 0) is 11.3 Å². The second-order valence-electron chi connectivity index (χ2n) is 4.92. The molecule has 0 bridgehead atoms. The zero-order chi connectivity index (χ0) is 15.2. The monoisotopic (exact) mass is 299 g/mol. The van der Waals surface area contributed by atoms with Crippen LogP contribution in [0.4, 0.5) is 5.13 Å². The largest absolute Gasteiger partial charge is 0.389 e. The van der Waals surface area contributed by atoms with Gasteiger partial charge >= 0.3 is 0 Å². The van der Waals surface area contributed by atoms with E-state index >= 15 is 0 Å². The SMILES string of the molecule is CCN(C(C)=O)c1nc(CNCC(O)(CC)CC)cs1. The first-order chi connectivity index (χ1) is 9.45. The summed E-state index contributed by atoms with van der Waals surface area (Å²) < 4.78 is 0. The van der Waals surface area contributed by atoms with Gasteiger partial charge < -0.3 is 10.4 Å². The van der Waals surface area contributed by atoms with Crippen molar-refractivity contribution in [2.75, 3.05) is 18.0 Å². The van der Waals surface area contributed by atoms with E-state index in [2.05, 4.69) is 10.3 Å². The first-order valence-corrected chi connectivity index (χ1v) is 7.99. The third kappa shape index (κ3) is 4.54. The highest BCUT2D eigenvalue weighted by atomic mass is 32.1. The molecule has 0 aliphatic rings. The fourth-order valence-electron chi connectivity index (χ4n) is 1.92. The molecule has 2 N–H and O–H groups in total. The second kappa shape index (κ2) is 7.71. The predicted molar refractivity (Wildman–Crippen MR) is 83.1 cm³/mol. The summed E-state index contributed by atoms with van der Waals surface area (Å²) in [5, 5.41) is 16.1. The number of anilines is 1. The van der Waals surface area contributed by atoms with Crippen molar-refractivity contribution in [2.24, 2.45) is 0 Å². The average molecular weight is 299 g/mol. The maximum absolute atomic E-state index is 11.5. The molecule has 0 aliphatic carbocycles. The molecule has 1 rings (SSSR count). The molecular formula is C14H25N3O2S. The lowest BCUT2D eigenvalue weighted by Gasteiger charge is -2.25. The topological polar surface area (TPSA) is 65.5 Å². The van der Waals surface area contributed by atoms with Crippen molar-refractivity contribution in [3.05, 3.63) is 11.1 Å². The van der Waals surface area contributed by atoms with Crippen LogP contribution in [0.1, 0.15) is 46.2 Å². The first kappa shape index (κ1) is 17.1. The van der Waals surface area contributed by atoms with Crippen molar-refractivity contribution in [2.45, 2.75) is 52.7 Å². The van der Waals surface area contributed by atoms with E-state index in [1.54, 1.807) is 11.8 Å². The van der Waals surface area contributed by atoms with Crippen molar-refractivity contribution >= 4 is 22.4 Å². The number of carbonyl (C=O) groups excluding carboxylic acids is 1. The standard InChI is InChI=1S/C14H25N3O2S/c1-5-14(19,6-2)10-15-8-12-9-20-13(16-12)17(7-3)11(4)18/h9,15,19H,5-8,10H2,1-4H3. The number of thiazole rings is 1. The van der Waals surface area contributed by atoms with Gasteiger partial charge in [-0.2, -0.15) is 0 Å². The summed E-state index contributed by atoms with van der Waals surface area (Å²) in [6, 6.07) is 0. The Balaban J connectivity index is 2.55. The number of amides is 1. The van der Waals surface area contributed by atoms with Crippen LogP contribution in [0.5, 0.6) is 0 Å². The van der Waals surface area contributed by atoms with Gasteiger partial charge in [-0.05, 0) is 19.8 Å². The Bertz CT molecular complexity index is 430. The Kier molecular flexibility index (Phi) is 6.58. The number of aliphatic hydroxyl groups is 1. The Morgan fingerprint density at radius 1 is 1.45 bits per heavy atom. The molecule has 0 atom stereocenters. The molecule has 1 heterocycles. The minimum Gasteiger partial charge on any atom is -0.389 e. The molecule has 6 heteroatoms. The van der Waals surface area contributed by atoms with Crippen LogP contribution in [0.15, 0.2) is 5.38 Å². The Hall–Kier alpha value is -0.980. The van der Waals surface area contributed by atoms with Gasteiger partial charge in [0.15, 0.2) is 5.13 Å².